The van der Waals surface area contributed by atoms with E-state index >= 15 is 0 Å². The van der Waals surface area contributed by atoms with E-state index < -0.39 is 0 Å². The number of hydrogen-bond acceptors (Lipinski definition) is 2. The van der Waals surface area contributed by atoms with E-state index in [1.807, 2.05) is 0 Å². The zero-order valence-electron chi connectivity index (χ0n) is 10.3. The second kappa shape index (κ2) is 8.51. The topological polar surface area (TPSA) is 26.3 Å². The Bertz CT molecular complexity index is 185. The minimum Gasteiger partial charge on any atom is -0.463 e. The van der Waals surface area contributed by atoms with Crippen LogP contribution < -0.4 is 0 Å². The summed E-state index contributed by atoms with van der Waals surface area (Å²) in [5, 5.41) is 0. The van der Waals surface area contributed by atoms with Crippen molar-refractivity contribution >= 4 is 5.97 Å². The largest absolute Gasteiger partial charge is 0.463 e. The second-order valence-electron chi connectivity index (χ2n) is 4.44. The van der Waals surface area contributed by atoms with Crippen molar-refractivity contribution in [2.45, 2.75) is 46.5 Å². The molecule has 0 rings (SSSR count). The van der Waals surface area contributed by atoms with Crippen LogP contribution in [0, 0.1) is 11.8 Å². The maximum Gasteiger partial charge on any atom is 0.330 e. The van der Waals surface area contributed by atoms with Crippen molar-refractivity contribution in [1.82, 2.24) is 0 Å². The summed E-state index contributed by atoms with van der Waals surface area (Å²) in [6, 6.07) is 0. The van der Waals surface area contributed by atoms with Crippen molar-refractivity contribution in [3.63, 3.8) is 0 Å². The van der Waals surface area contributed by atoms with E-state index in [0.29, 0.717) is 12.5 Å². The van der Waals surface area contributed by atoms with Crippen LogP contribution in [0.1, 0.15) is 46.5 Å². The first-order valence-corrected chi connectivity index (χ1v) is 5.89. The van der Waals surface area contributed by atoms with Crippen molar-refractivity contribution in [3.8, 4) is 0 Å². The van der Waals surface area contributed by atoms with Gasteiger partial charge in [0.05, 0.1) is 6.61 Å². The Morgan fingerprint density at radius 1 is 1.40 bits per heavy atom. The van der Waals surface area contributed by atoms with Gasteiger partial charge in [-0.2, -0.15) is 0 Å². The molecule has 0 aromatic heterocycles. The summed E-state index contributed by atoms with van der Waals surface area (Å²) in [4.78, 5) is 10.8. The molecule has 0 heterocycles. The molecule has 15 heavy (non-hydrogen) atoms. The minimum atomic E-state index is -0.310. The third kappa shape index (κ3) is 8.22. The Labute approximate surface area is 93.7 Å². The van der Waals surface area contributed by atoms with Gasteiger partial charge in [0.2, 0.25) is 0 Å². The summed E-state index contributed by atoms with van der Waals surface area (Å²) in [6.45, 7) is 10.6. The number of hydrogen-bond donors (Lipinski definition) is 0. The van der Waals surface area contributed by atoms with Crippen molar-refractivity contribution in [3.05, 3.63) is 12.7 Å². The zero-order chi connectivity index (χ0) is 11.7. The van der Waals surface area contributed by atoms with E-state index in [4.69, 9.17) is 4.74 Å². The van der Waals surface area contributed by atoms with Crippen molar-refractivity contribution in [1.29, 1.82) is 0 Å². The fourth-order valence-electron chi connectivity index (χ4n) is 1.84. The molecule has 0 aromatic rings. The Morgan fingerprint density at radius 2 is 2.07 bits per heavy atom. The fourth-order valence-corrected chi connectivity index (χ4v) is 1.84. The van der Waals surface area contributed by atoms with Gasteiger partial charge in [0.15, 0.2) is 0 Å². The van der Waals surface area contributed by atoms with Crippen LogP contribution in [0.25, 0.3) is 0 Å². The van der Waals surface area contributed by atoms with Gasteiger partial charge < -0.3 is 4.74 Å². The summed E-state index contributed by atoms with van der Waals surface area (Å²) >= 11 is 0. The molecule has 1 atom stereocenters. The minimum absolute atomic E-state index is 0.310. The monoisotopic (exact) mass is 212 g/mol. The molecule has 0 fully saturated rings. The van der Waals surface area contributed by atoms with E-state index in [-0.39, 0.29) is 5.97 Å². The molecule has 0 amide bonds. The van der Waals surface area contributed by atoms with E-state index in [1.165, 1.54) is 25.3 Å². The lowest BCUT2D eigenvalue weighted by molar-refractivity contribution is -0.138. The molecule has 0 N–H and O–H groups in total. The van der Waals surface area contributed by atoms with Crippen LogP contribution in [-0.2, 0) is 9.53 Å². The molecule has 0 radical (unpaired) electrons. The van der Waals surface area contributed by atoms with E-state index in [9.17, 15) is 4.79 Å². The third-order valence-corrected chi connectivity index (χ3v) is 2.44. The molecule has 2 nitrogen and oxygen atoms in total. The molecule has 0 saturated heterocycles. The lowest BCUT2D eigenvalue weighted by Gasteiger charge is -2.17. The SMILES string of the molecule is C=CC(=O)OCCC(CCC)CC(C)C. The van der Waals surface area contributed by atoms with Crippen LogP contribution in [0.3, 0.4) is 0 Å². The quantitative estimate of drug-likeness (QED) is 0.454. The Balaban J connectivity index is 3.74. The summed E-state index contributed by atoms with van der Waals surface area (Å²) in [6.07, 6.45) is 5.85. The van der Waals surface area contributed by atoms with Crippen LogP contribution in [0.2, 0.25) is 0 Å². The van der Waals surface area contributed by atoms with Crippen LogP contribution in [0.5, 0.6) is 0 Å². The van der Waals surface area contributed by atoms with Crippen LogP contribution in [0.4, 0.5) is 0 Å². The molecule has 0 aromatic carbocycles. The van der Waals surface area contributed by atoms with Gasteiger partial charge in [-0.1, -0.05) is 40.2 Å². The molecule has 0 bridgehead atoms. The average molecular weight is 212 g/mol. The molecule has 0 aliphatic carbocycles. The maximum atomic E-state index is 10.8. The van der Waals surface area contributed by atoms with Gasteiger partial charge in [-0.05, 0) is 24.7 Å². The van der Waals surface area contributed by atoms with Crippen LogP contribution in [0.15, 0.2) is 12.7 Å². The number of carbonyl (C=O) groups is 1. The van der Waals surface area contributed by atoms with E-state index in [2.05, 4.69) is 27.4 Å². The van der Waals surface area contributed by atoms with Gasteiger partial charge in [0.1, 0.15) is 0 Å². The lowest BCUT2D eigenvalue weighted by atomic mass is 9.91. The first-order valence-electron chi connectivity index (χ1n) is 5.89. The highest BCUT2D eigenvalue weighted by molar-refractivity contribution is 5.81. The van der Waals surface area contributed by atoms with Crippen molar-refractivity contribution in [2.75, 3.05) is 6.61 Å². The predicted octanol–water partition coefficient (Wildman–Crippen LogP) is 3.57. The zero-order valence-corrected chi connectivity index (χ0v) is 10.3. The first kappa shape index (κ1) is 14.2. The smallest absolute Gasteiger partial charge is 0.330 e. The highest BCUT2D eigenvalue weighted by Crippen LogP contribution is 2.20. The molecule has 0 aliphatic heterocycles. The Kier molecular flexibility index (Phi) is 8.06. The third-order valence-electron chi connectivity index (χ3n) is 2.44. The second-order valence-corrected chi connectivity index (χ2v) is 4.44. The van der Waals surface area contributed by atoms with Crippen molar-refractivity contribution < 1.29 is 9.53 Å². The van der Waals surface area contributed by atoms with E-state index in [1.54, 1.807) is 0 Å². The predicted molar refractivity (Wildman–Crippen MR) is 63.6 cm³/mol. The van der Waals surface area contributed by atoms with Crippen LogP contribution >= 0.6 is 0 Å². The van der Waals surface area contributed by atoms with E-state index in [0.717, 1.165) is 12.3 Å². The maximum absolute atomic E-state index is 10.8. The summed E-state index contributed by atoms with van der Waals surface area (Å²) in [5.41, 5.74) is 0. The first-order chi connectivity index (χ1) is 7.10. The van der Waals surface area contributed by atoms with Gasteiger partial charge in [0, 0.05) is 6.08 Å². The number of ether oxygens (including phenoxy) is 1. The summed E-state index contributed by atoms with van der Waals surface area (Å²) < 4.78 is 4.99. The standard InChI is InChI=1S/C13H24O2/c1-5-7-12(10-11(3)4)8-9-15-13(14)6-2/h6,11-12H,2,5,7-10H2,1,3-4H3. The van der Waals surface area contributed by atoms with Gasteiger partial charge in [-0.25, -0.2) is 4.79 Å². The number of carbonyl (C=O) groups excluding carboxylic acids is 1. The molecule has 0 aliphatic rings. The average Bonchev–Trinajstić information content (AvgIpc) is 2.16. The van der Waals surface area contributed by atoms with Gasteiger partial charge in [-0.15, -0.1) is 0 Å². The molecule has 0 saturated carbocycles. The van der Waals surface area contributed by atoms with Crippen LogP contribution in [-0.4, -0.2) is 12.6 Å². The Morgan fingerprint density at radius 3 is 2.53 bits per heavy atom. The molecule has 1 unspecified atom stereocenters. The highest BCUT2D eigenvalue weighted by atomic mass is 16.5. The van der Waals surface area contributed by atoms with Gasteiger partial charge >= 0.3 is 5.97 Å². The molecule has 0 spiro atoms. The van der Waals surface area contributed by atoms with Gasteiger partial charge in [0.25, 0.3) is 0 Å². The number of esters is 1. The summed E-state index contributed by atoms with van der Waals surface area (Å²) in [5.74, 6) is 1.10. The summed E-state index contributed by atoms with van der Waals surface area (Å²) in [7, 11) is 0. The molecule has 88 valence electrons. The Hall–Kier alpha value is -0.790. The number of rotatable bonds is 8. The highest BCUT2D eigenvalue weighted by Gasteiger charge is 2.10. The van der Waals surface area contributed by atoms with Gasteiger partial charge in [-0.3, -0.25) is 0 Å². The molecular weight excluding hydrogens is 188 g/mol. The van der Waals surface area contributed by atoms with Crippen molar-refractivity contribution in [2.24, 2.45) is 11.8 Å². The lowest BCUT2D eigenvalue weighted by Crippen LogP contribution is -2.10. The normalized spacial score (nSPS) is 12.5. The molecule has 2 heteroatoms. The molecular formula is C13H24O2. The fraction of sp³-hybridized carbons (Fsp3) is 0.769.